The fraction of sp³-hybridized carbons (Fsp3) is 0.289. The molecule has 1 saturated heterocycles. The van der Waals surface area contributed by atoms with Gasteiger partial charge in [-0.15, -0.1) is 5.53 Å². The summed E-state index contributed by atoms with van der Waals surface area (Å²) in [6.07, 6.45) is 4.63. The minimum atomic E-state index is -3.88. The van der Waals surface area contributed by atoms with Gasteiger partial charge in [0.05, 0.1) is 31.0 Å². The highest BCUT2D eigenvalue weighted by molar-refractivity contribution is 5.66. The summed E-state index contributed by atoms with van der Waals surface area (Å²) < 4.78 is 55.4. The Labute approximate surface area is 351 Å². The summed E-state index contributed by atoms with van der Waals surface area (Å²) >= 11 is 0. The first-order chi connectivity index (χ1) is 29.5. The van der Waals surface area contributed by atoms with Gasteiger partial charge in [-0.3, -0.25) is 9.99 Å². The van der Waals surface area contributed by atoms with Crippen molar-refractivity contribution in [1.29, 1.82) is 0 Å². The highest BCUT2D eigenvalue weighted by Crippen LogP contribution is 2.45. The molecular formula is C45H47F3N10O3. The summed E-state index contributed by atoms with van der Waals surface area (Å²) in [4.78, 5) is 22.2. The lowest BCUT2D eigenvalue weighted by Crippen LogP contribution is -2.54. The van der Waals surface area contributed by atoms with Crippen molar-refractivity contribution in [3.05, 3.63) is 161 Å². The number of benzene rings is 4. The molecule has 0 spiro atoms. The van der Waals surface area contributed by atoms with E-state index in [9.17, 15) is 14.3 Å². The number of nitrogens with zero attached hydrogens (tertiary/aromatic N) is 8. The Kier molecular flexibility index (Phi) is 11.9. The first kappa shape index (κ1) is 41.3. The van der Waals surface area contributed by atoms with Crippen LogP contribution in [0.15, 0.2) is 138 Å². The molecule has 1 fully saturated rings. The van der Waals surface area contributed by atoms with Crippen LogP contribution in [0.2, 0.25) is 0 Å². The van der Waals surface area contributed by atoms with Crippen molar-refractivity contribution in [2.75, 3.05) is 42.5 Å². The molecular weight excluding hydrogens is 786 g/mol. The molecule has 2 aliphatic rings. The lowest BCUT2D eigenvalue weighted by molar-refractivity contribution is -0.204. The van der Waals surface area contributed by atoms with Crippen LogP contribution in [0.5, 0.6) is 0 Å². The van der Waals surface area contributed by atoms with Gasteiger partial charge in [-0.05, 0) is 84.6 Å². The second-order valence-corrected chi connectivity index (χ2v) is 15.2. The summed E-state index contributed by atoms with van der Waals surface area (Å²) in [7, 11) is 0. The van der Waals surface area contributed by atoms with Gasteiger partial charge in [0.1, 0.15) is 24.2 Å². The van der Waals surface area contributed by atoms with Gasteiger partial charge in [-0.2, -0.15) is 19.0 Å². The number of piperazine rings is 1. The molecule has 4 aromatic carbocycles. The van der Waals surface area contributed by atoms with Crippen LogP contribution in [0.3, 0.4) is 0 Å². The lowest BCUT2D eigenvalue weighted by atomic mass is 9.84. The fourth-order valence-corrected chi connectivity index (χ4v) is 7.86. The smallest absolute Gasteiger partial charge is 0.350 e. The number of alkyl halides is 2. The van der Waals surface area contributed by atoms with E-state index in [0.717, 1.165) is 78.6 Å². The number of rotatable bonds is 15. The van der Waals surface area contributed by atoms with Gasteiger partial charge in [-0.1, -0.05) is 67.6 Å². The molecule has 13 nitrogen and oxygen atoms in total. The van der Waals surface area contributed by atoms with Gasteiger partial charge in [0.2, 0.25) is 0 Å². The normalized spacial score (nSPS) is 16.3. The number of pyridine rings is 1. The number of hydrogen-bond acceptors (Lipinski definition) is 11. The molecule has 0 bridgehead atoms. The van der Waals surface area contributed by atoms with Crippen LogP contribution in [-0.4, -0.2) is 74.6 Å². The third-order valence-electron chi connectivity index (χ3n) is 11.4. The number of aromatic nitrogens is 4. The van der Waals surface area contributed by atoms with E-state index >= 15 is 8.78 Å². The Morgan fingerprint density at radius 3 is 2.03 bits per heavy atom. The molecule has 2 aromatic heterocycles. The van der Waals surface area contributed by atoms with Crippen LogP contribution in [0.1, 0.15) is 43.1 Å². The molecule has 2 aliphatic heterocycles. The van der Waals surface area contributed by atoms with Crippen molar-refractivity contribution >= 4 is 17.7 Å². The predicted molar refractivity (Wildman–Crippen MR) is 228 cm³/mol. The zero-order chi connectivity index (χ0) is 42.6. The largest absolute Gasteiger partial charge is 0.377 e. The van der Waals surface area contributed by atoms with Crippen molar-refractivity contribution in [3.8, 4) is 16.8 Å². The fourth-order valence-electron chi connectivity index (χ4n) is 7.86. The van der Waals surface area contributed by atoms with Crippen LogP contribution in [0.25, 0.3) is 16.8 Å². The minimum Gasteiger partial charge on any atom is -0.377 e. The number of ether oxygens (including phenoxy) is 1. The van der Waals surface area contributed by atoms with Crippen molar-refractivity contribution in [3.63, 3.8) is 0 Å². The van der Waals surface area contributed by atoms with E-state index in [0.29, 0.717) is 18.6 Å². The second-order valence-electron chi connectivity index (χ2n) is 15.2. The van der Waals surface area contributed by atoms with Gasteiger partial charge < -0.3 is 19.6 Å². The molecule has 0 saturated carbocycles. The van der Waals surface area contributed by atoms with Gasteiger partial charge in [0, 0.05) is 49.3 Å². The SMILES string of the molecule is CC[C@@H]([C@H](C)OCc1ccccc1)n1ncn(-c2ccc(N3CCN(c4ccc(-c5ccc(C(F)(F)C(O)(CN6C=NNN6)c6ccc(F)cc6)nc5)cc4)CC3)cc2)c1=O. The molecule has 0 radical (unpaired) electrons. The van der Waals surface area contributed by atoms with Crippen LogP contribution in [-0.2, 0) is 22.9 Å². The van der Waals surface area contributed by atoms with Crippen LogP contribution in [0, 0.1) is 5.82 Å². The second kappa shape index (κ2) is 17.6. The maximum atomic E-state index is 16.2. The number of hydrazine groups is 2. The molecule has 4 heterocycles. The van der Waals surface area contributed by atoms with Crippen molar-refractivity contribution in [2.45, 2.75) is 50.5 Å². The molecule has 3 N–H and O–H groups in total. The maximum absolute atomic E-state index is 16.2. The van der Waals surface area contributed by atoms with Crippen molar-refractivity contribution < 1.29 is 23.0 Å². The molecule has 6 aromatic rings. The summed E-state index contributed by atoms with van der Waals surface area (Å²) in [5, 5.41) is 20.9. The van der Waals surface area contributed by atoms with Crippen LogP contribution >= 0.6 is 0 Å². The standard InChI is InChI=1S/C45H47F3N10O3/c1-3-41(32(2)61-28-33-7-5-4-6-8-33)58-43(59)57(31-51-58)40-20-18-39(19-21-40)55-25-23-54(24-26-55)38-16-9-34(10-17-38)35-11-22-42(49-27-35)45(47,48)44(60,29-56-30-50-52-53-56)36-12-14-37(46)15-13-36/h4-22,27,30-32,41,52-53,60H,3,23-26,28-29H2,1-2H3/t32-,41-,44?/m0/s1. The Hall–Kier alpha value is -6.49. The number of hydrazone groups is 1. The first-order valence-corrected chi connectivity index (χ1v) is 20.2. The van der Waals surface area contributed by atoms with Crippen molar-refractivity contribution in [2.24, 2.45) is 5.10 Å². The van der Waals surface area contributed by atoms with Crippen LogP contribution in [0.4, 0.5) is 24.5 Å². The molecule has 8 rings (SSSR count). The molecule has 0 aliphatic carbocycles. The van der Waals surface area contributed by atoms with E-state index in [1.54, 1.807) is 17.0 Å². The maximum Gasteiger partial charge on any atom is 0.350 e. The number of aliphatic hydroxyl groups is 1. The summed E-state index contributed by atoms with van der Waals surface area (Å²) in [6.45, 7) is 7.00. The third-order valence-corrected chi connectivity index (χ3v) is 11.4. The summed E-state index contributed by atoms with van der Waals surface area (Å²) in [5.74, 6) is -4.50. The Morgan fingerprint density at radius 1 is 0.820 bits per heavy atom. The summed E-state index contributed by atoms with van der Waals surface area (Å²) in [5.41, 5.74) is 6.48. The monoisotopic (exact) mass is 832 g/mol. The topological polar surface area (TPSA) is 128 Å². The highest BCUT2D eigenvalue weighted by atomic mass is 19.3. The zero-order valence-electron chi connectivity index (χ0n) is 33.8. The van der Waals surface area contributed by atoms with Gasteiger partial charge in [-0.25, -0.2) is 24.0 Å². The number of anilines is 2. The Balaban J connectivity index is 0.876. The number of nitrogens with one attached hydrogen (secondary N) is 2. The van der Waals surface area contributed by atoms with Gasteiger partial charge in [0.15, 0.2) is 5.60 Å². The average Bonchev–Trinajstić information content (AvgIpc) is 3.96. The van der Waals surface area contributed by atoms with Crippen molar-refractivity contribution in [1.82, 2.24) is 35.4 Å². The molecule has 0 amide bonds. The van der Waals surface area contributed by atoms with Gasteiger partial charge in [0.25, 0.3) is 0 Å². The Morgan fingerprint density at radius 2 is 1.44 bits per heavy atom. The van der Waals surface area contributed by atoms with E-state index in [1.807, 2.05) is 92.7 Å². The van der Waals surface area contributed by atoms with E-state index in [4.69, 9.17) is 4.74 Å². The predicted octanol–water partition coefficient (Wildman–Crippen LogP) is 6.37. The first-order valence-electron chi connectivity index (χ1n) is 20.2. The number of hydrogen-bond donors (Lipinski definition) is 3. The lowest BCUT2D eigenvalue weighted by Gasteiger charge is -2.38. The molecule has 16 heteroatoms. The quantitative estimate of drug-likeness (QED) is 0.108. The van der Waals surface area contributed by atoms with E-state index in [1.165, 1.54) is 28.3 Å². The van der Waals surface area contributed by atoms with E-state index in [-0.39, 0.29) is 23.4 Å². The Bertz CT molecular complexity index is 2460. The number of β-amino-alcohol motifs (C(OH)–C–C–N with tert-alkyl or cyclic N) is 1. The van der Waals surface area contributed by atoms with E-state index in [2.05, 4.69) is 36.1 Å². The minimum absolute atomic E-state index is 0.184. The summed E-state index contributed by atoms with van der Waals surface area (Å²) in [6, 6.07) is 32.6. The zero-order valence-corrected chi connectivity index (χ0v) is 33.8. The highest BCUT2D eigenvalue weighted by Gasteiger charge is 2.57. The molecule has 3 atom stereocenters. The third kappa shape index (κ3) is 8.60. The molecule has 316 valence electrons. The molecule has 61 heavy (non-hydrogen) atoms. The average molecular weight is 833 g/mol. The van der Waals surface area contributed by atoms with E-state index < -0.39 is 29.6 Å². The van der Waals surface area contributed by atoms with Crippen LogP contribution < -0.4 is 26.6 Å². The molecule has 1 unspecified atom stereocenters. The van der Waals surface area contributed by atoms with Gasteiger partial charge >= 0.3 is 11.6 Å². The number of halogens is 3.